The summed E-state index contributed by atoms with van der Waals surface area (Å²) in [6.45, 7) is 2.59. The second-order valence-electron chi connectivity index (χ2n) is 5.05. The number of imidazole rings is 1. The summed E-state index contributed by atoms with van der Waals surface area (Å²) in [6.07, 6.45) is 2.37. The number of fused-ring (bicyclic) bond motifs is 1. The van der Waals surface area contributed by atoms with E-state index in [0.717, 1.165) is 22.7 Å². The zero-order valence-electron chi connectivity index (χ0n) is 10.7. The Labute approximate surface area is 110 Å². The van der Waals surface area contributed by atoms with Gasteiger partial charge in [-0.3, -0.25) is 0 Å². The van der Waals surface area contributed by atoms with Crippen molar-refractivity contribution in [1.29, 1.82) is 0 Å². The van der Waals surface area contributed by atoms with E-state index in [9.17, 15) is 0 Å². The maximum Gasteiger partial charge on any atom is 0.246 e. The highest BCUT2D eigenvalue weighted by atomic mass is 16.5. The van der Waals surface area contributed by atoms with E-state index in [1.165, 1.54) is 12.8 Å². The maximum atomic E-state index is 5.33. The van der Waals surface area contributed by atoms with Gasteiger partial charge in [0.15, 0.2) is 5.82 Å². The molecule has 4 rings (SSSR count). The van der Waals surface area contributed by atoms with Crippen LogP contribution in [0.1, 0.15) is 36.3 Å². The Morgan fingerprint density at radius 1 is 1.26 bits per heavy atom. The minimum atomic E-state index is 0.526. The van der Waals surface area contributed by atoms with Crippen molar-refractivity contribution < 1.29 is 4.52 Å². The summed E-state index contributed by atoms with van der Waals surface area (Å²) in [5.41, 5.74) is 2.10. The fourth-order valence-electron chi connectivity index (χ4n) is 2.37. The topological polar surface area (TPSA) is 56.7 Å². The van der Waals surface area contributed by atoms with Crippen molar-refractivity contribution in [3.8, 4) is 0 Å². The molecule has 3 aromatic rings. The molecule has 0 bridgehead atoms. The molecule has 0 saturated heterocycles. The van der Waals surface area contributed by atoms with Crippen LogP contribution < -0.4 is 0 Å². The van der Waals surface area contributed by atoms with Crippen molar-refractivity contribution in [2.24, 2.45) is 0 Å². The van der Waals surface area contributed by atoms with Crippen LogP contribution >= 0.6 is 0 Å². The lowest BCUT2D eigenvalue weighted by Crippen LogP contribution is -2.02. The van der Waals surface area contributed by atoms with E-state index in [0.29, 0.717) is 18.4 Å². The average molecular weight is 254 g/mol. The number of para-hydroxylation sites is 2. The molecule has 0 spiro atoms. The average Bonchev–Trinajstić information content (AvgIpc) is 3.09. The largest absolute Gasteiger partial charge is 0.337 e. The van der Waals surface area contributed by atoms with Crippen LogP contribution in [-0.4, -0.2) is 19.7 Å². The molecule has 1 fully saturated rings. The molecule has 1 saturated carbocycles. The normalized spacial score (nSPS) is 15.2. The first-order valence-electron chi connectivity index (χ1n) is 6.55. The van der Waals surface area contributed by atoms with Crippen LogP contribution in [0.2, 0.25) is 0 Å². The molecule has 0 unspecified atom stereocenters. The van der Waals surface area contributed by atoms with E-state index < -0.39 is 0 Å². The van der Waals surface area contributed by atoms with Gasteiger partial charge >= 0.3 is 0 Å². The Hall–Kier alpha value is -2.17. The third-order valence-electron chi connectivity index (χ3n) is 3.57. The Morgan fingerprint density at radius 3 is 2.95 bits per heavy atom. The van der Waals surface area contributed by atoms with E-state index in [1.54, 1.807) is 0 Å². The molecule has 0 amide bonds. The molecule has 2 heterocycles. The second-order valence-corrected chi connectivity index (χ2v) is 5.05. The zero-order valence-corrected chi connectivity index (χ0v) is 10.7. The van der Waals surface area contributed by atoms with E-state index in [4.69, 9.17) is 4.52 Å². The minimum Gasteiger partial charge on any atom is -0.337 e. The third-order valence-corrected chi connectivity index (χ3v) is 3.57. The molecule has 5 nitrogen and oxygen atoms in total. The molecule has 2 aromatic heterocycles. The molecule has 5 heteroatoms. The fraction of sp³-hybridized carbons (Fsp3) is 0.357. The molecule has 0 N–H and O–H groups in total. The van der Waals surface area contributed by atoms with Gasteiger partial charge in [-0.05, 0) is 31.9 Å². The molecule has 19 heavy (non-hydrogen) atoms. The third kappa shape index (κ3) is 1.82. The Bertz CT molecular complexity index is 739. The summed E-state index contributed by atoms with van der Waals surface area (Å²) in [5.74, 6) is 3.01. The standard InChI is InChI=1S/C14H14N4O/c1-9-15-11-4-2-3-5-12(11)18(9)8-13-16-14(17-19-13)10-6-7-10/h2-5,10H,6-8H2,1H3. The Balaban J connectivity index is 1.71. The number of aromatic nitrogens is 4. The first-order valence-corrected chi connectivity index (χ1v) is 6.55. The number of nitrogens with zero attached hydrogens (tertiary/aromatic N) is 4. The van der Waals surface area contributed by atoms with Crippen LogP contribution in [0.15, 0.2) is 28.8 Å². The summed E-state index contributed by atoms with van der Waals surface area (Å²) in [4.78, 5) is 9.01. The highest BCUT2D eigenvalue weighted by Crippen LogP contribution is 2.38. The van der Waals surface area contributed by atoms with Crippen molar-refractivity contribution in [2.75, 3.05) is 0 Å². The molecule has 1 aliphatic rings. The van der Waals surface area contributed by atoms with Gasteiger partial charge in [0.2, 0.25) is 5.89 Å². The molecule has 1 aliphatic carbocycles. The Kier molecular flexibility index (Phi) is 2.21. The predicted octanol–water partition coefficient (Wildman–Crippen LogP) is 2.65. The van der Waals surface area contributed by atoms with Gasteiger partial charge in [-0.25, -0.2) is 4.98 Å². The van der Waals surface area contributed by atoms with Gasteiger partial charge < -0.3 is 9.09 Å². The second kappa shape index (κ2) is 3.91. The smallest absolute Gasteiger partial charge is 0.246 e. The van der Waals surface area contributed by atoms with Crippen LogP contribution in [0.25, 0.3) is 11.0 Å². The first kappa shape index (κ1) is 10.7. The quantitative estimate of drug-likeness (QED) is 0.721. The van der Waals surface area contributed by atoms with Gasteiger partial charge in [0, 0.05) is 5.92 Å². The van der Waals surface area contributed by atoms with Gasteiger partial charge in [0.25, 0.3) is 0 Å². The minimum absolute atomic E-state index is 0.526. The molecule has 0 radical (unpaired) electrons. The van der Waals surface area contributed by atoms with Crippen molar-refractivity contribution in [3.63, 3.8) is 0 Å². The number of hydrogen-bond donors (Lipinski definition) is 0. The van der Waals surface area contributed by atoms with Crippen LogP contribution in [0, 0.1) is 6.92 Å². The highest BCUT2D eigenvalue weighted by Gasteiger charge is 2.28. The van der Waals surface area contributed by atoms with Crippen molar-refractivity contribution in [2.45, 2.75) is 32.2 Å². The summed E-state index contributed by atoms with van der Waals surface area (Å²) in [5, 5.41) is 4.05. The van der Waals surface area contributed by atoms with Gasteiger partial charge in [-0.2, -0.15) is 4.98 Å². The van der Waals surface area contributed by atoms with Gasteiger partial charge in [-0.15, -0.1) is 0 Å². The fourth-order valence-corrected chi connectivity index (χ4v) is 2.37. The number of rotatable bonds is 3. The monoisotopic (exact) mass is 254 g/mol. The molecular formula is C14H14N4O. The van der Waals surface area contributed by atoms with E-state index in [2.05, 4.69) is 25.8 Å². The van der Waals surface area contributed by atoms with Crippen LogP contribution in [0.4, 0.5) is 0 Å². The Morgan fingerprint density at radius 2 is 2.11 bits per heavy atom. The predicted molar refractivity (Wildman–Crippen MR) is 69.8 cm³/mol. The number of aryl methyl sites for hydroxylation is 1. The van der Waals surface area contributed by atoms with E-state index in [1.807, 2.05) is 25.1 Å². The molecule has 0 atom stereocenters. The zero-order chi connectivity index (χ0) is 12.8. The molecule has 96 valence electrons. The lowest BCUT2D eigenvalue weighted by Gasteiger charge is -2.02. The van der Waals surface area contributed by atoms with Gasteiger partial charge in [0.05, 0.1) is 11.0 Å². The lowest BCUT2D eigenvalue weighted by molar-refractivity contribution is 0.366. The summed E-state index contributed by atoms with van der Waals surface area (Å²) in [7, 11) is 0. The van der Waals surface area contributed by atoms with Crippen molar-refractivity contribution in [3.05, 3.63) is 41.8 Å². The van der Waals surface area contributed by atoms with Crippen molar-refractivity contribution in [1.82, 2.24) is 19.7 Å². The van der Waals surface area contributed by atoms with Crippen LogP contribution in [-0.2, 0) is 6.54 Å². The van der Waals surface area contributed by atoms with Crippen molar-refractivity contribution >= 4 is 11.0 Å². The maximum absolute atomic E-state index is 5.33. The van der Waals surface area contributed by atoms with Crippen LogP contribution in [0.3, 0.4) is 0 Å². The van der Waals surface area contributed by atoms with Crippen LogP contribution in [0.5, 0.6) is 0 Å². The lowest BCUT2D eigenvalue weighted by atomic mass is 10.3. The number of benzene rings is 1. The summed E-state index contributed by atoms with van der Waals surface area (Å²) >= 11 is 0. The van der Waals surface area contributed by atoms with E-state index in [-0.39, 0.29) is 0 Å². The molecular weight excluding hydrogens is 240 g/mol. The molecule has 1 aromatic carbocycles. The first-order chi connectivity index (χ1) is 9.31. The number of hydrogen-bond acceptors (Lipinski definition) is 4. The highest BCUT2D eigenvalue weighted by molar-refractivity contribution is 5.75. The van der Waals surface area contributed by atoms with Gasteiger partial charge in [0.1, 0.15) is 12.4 Å². The molecule has 0 aliphatic heterocycles. The van der Waals surface area contributed by atoms with E-state index >= 15 is 0 Å². The summed E-state index contributed by atoms with van der Waals surface area (Å²) < 4.78 is 7.44. The summed E-state index contributed by atoms with van der Waals surface area (Å²) in [6, 6.07) is 8.09. The van der Waals surface area contributed by atoms with Gasteiger partial charge in [-0.1, -0.05) is 17.3 Å². The SMILES string of the molecule is Cc1nc2ccccc2n1Cc1nc(C2CC2)no1.